The van der Waals surface area contributed by atoms with Gasteiger partial charge in [0.15, 0.2) is 0 Å². The molecule has 1 fully saturated rings. The van der Waals surface area contributed by atoms with Gasteiger partial charge in [-0.1, -0.05) is 0 Å². The number of aromatic amines is 1. The fourth-order valence-corrected chi connectivity index (χ4v) is 1.46. The maximum Gasteiger partial charge on any atom is 0.291 e. The van der Waals surface area contributed by atoms with Gasteiger partial charge in [-0.2, -0.15) is 5.10 Å². The van der Waals surface area contributed by atoms with Gasteiger partial charge in [-0.25, -0.2) is 4.98 Å². The van der Waals surface area contributed by atoms with Crippen LogP contribution < -0.4 is 0 Å². The first kappa shape index (κ1) is 9.14. The van der Waals surface area contributed by atoms with E-state index in [1.807, 2.05) is 6.92 Å². The van der Waals surface area contributed by atoms with Crippen LogP contribution >= 0.6 is 0 Å². The molecule has 1 N–H and O–H groups in total. The van der Waals surface area contributed by atoms with Gasteiger partial charge in [0.25, 0.3) is 5.91 Å². The van der Waals surface area contributed by atoms with Crippen LogP contribution in [0.3, 0.4) is 0 Å². The standard InChI is InChI=1S/C8H12N4O2/c1-6-4-12(2-3-14-6)8(13)7-9-5-10-11-7/h5-6H,2-4H2,1H3,(H,9,10,11). The minimum absolute atomic E-state index is 0.0932. The minimum atomic E-state index is -0.113. The van der Waals surface area contributed by atoms with E-state index in [1.165, 1.54) is 6.33 Å². The SMILES string of the molecule is CC1CN(C(=O)c2ncn[nH]2)CCO1. The second kappa shape index (κ2) is 3.75. The number of hydrogen-bond acceptors (Lipinski definition) is 4. The van der Waals surface area contributed by atoms with E-state index >= 15 is 0 Å². The van der Waals surface area contributed by atoms with Crippen molar-refractivity contribution in [1.82, 2.24) is 20.1 Å². The van der Waals surface area contributed by atoms with Crippen molar-refractivity contribution in [2.45, 2.75) is 13.0 Å². The Morgan fingerprint density at radius 3 is 3.29 bits per heavy atom. The maximum atomic E-state index is 11.7. The highest BCUT2D eigenvalue weighted by atomic mass is 16.5. The van der Waals surface area contributed by atoms with E-state index in [2.05, 4.69) is 15.2 Å². The van der Waals surface area contributed by atoms with Crippen molar-refractivity contribution in [2.75, 3.05) is 19.7 Å². The van der Waals surface area contributed by atoms with E-state index in [0.29, 0.717) is 25.5 Å². The molecule has 1 aromatic heterocycles. The van der Waals surface area contributed by atoms with E-state index in [0.717, 1.165) is 0 Å². The molecule has 0 aliphatic carbocycles. The first-order chi connectivity index (χ1) is 6.77. The van der Waals surface area contributed by atoms with Crippen LogP contribution in [0.2, 0.25) is 0 Å². The van der Waals surface area contributed by atoms with Crippen LogP contribution in [0.4, 0.5) is 0 Å². The topological polar surface area (TPSA) is 71.1 Å². The van der Waals surface area contributed by atoms with Crippen LogP contribution in [0.1, 0.15) is 17.5 Å². The molecule has 0 aromatic carbocycles. The summed E-state index contributed by atoms with van der Waals surface area (Å²) in [6, 6.07) is 0. The number of nitrogens with one attached hydrogen (secondary N) is 1. The van der Waals surface area contributed by atoms with Gasteiger partial charge in [0.1, 0.15) is 6.33 Å². The van der Waals surface area contributed by atoms with Crippen LogP contribution in [0.15, 0.2) is 6.33 Å². The van der Waals surface area contributed by atoms with E-state index < -0.39 is 0 Å². The van der Waals surface area contributed by atoms with Crippen molar-refractivity contribution in [3.05, 3.63) is 12.2 Å². The summed E-state index contributed by atoms with van der Waals surface area (Å²) in [5, 5.41) is 6.20. The van der Waals surface area contributed by atoms with E-state index in [1.54, 1.807) is 4.90 Å². The summed E-state index contributed by atoms with van der Waals surface area (Å²) < 4.78 is 5.34. The molecule has 1 unspecified atom stereocenters. The molecule has 14 heavy (non-hydrogen) atoms. The Morgan fingerprint density at radius 2 is 2.64 bits per heavy atom. The monoisotopic (exact) mass is 196 g/mol. The summed E-state index contributed by atoms with van der Waals surface area (Å²) in [7, 11) is 0. The highest BCUT2D eigenvalue weighted by Gasteiger charge is 2.23. The van der Waals surface area contributed by atoms with E-state index in [9.17, 15) is 4.79 Å². The average molecular weight is 196 g/mol. The summed E-state index contributed by atoms with van der Waals surface area (Å²) in [4.78, 5) is 17.3. The average Bonchev–Trinajstić information content (AvgIpc) is 2.69. The molecule has 1 atom stereocenters. The summed E-state index contributed by atoms with van der Waals surface area (Å²) in [5.74, 6) is 0.178. The molecule has 1 saturated heterocycles. The van der Waals surface area contributed by atoms with Crippen LogP contribution in [0, 0.1) is 0 Å². The van der Waals surface area contributed by atoms with Crippen molar-refractivity contribution >= 4 is 5.91 Å². The highest BCUT2D eigenvalue weighted by Crippen LogP contribution is 2.06. The molecule has 0 spiro atoms. The highest BCUT2D eigenvalue weighted by molar-refractivity contribution is 5.90. The number of nitrogens with zero attached hydrogens (tertiary/aromatic N) is 3. The summed E-state index contributed by atoms with van der Waals surface area (Å²) >= 11 is 0. The second-order valence-electron chi connectivity index (χ2n) is 3.27. The Morgan fingerprint density at radius 1 is 1.79 bits per heavy atom. The molecular formula is C8H12N4O2. The molecule has 2 heterocycles. The third-order valence-corrected chi connectivity index (χ3v) is 2.15. The fourth-order valence-electron chi connectivity index (χ4n) is 1.46. The van der Waals surface area contributed by atoms with Crippen molar-refractivity contribution in [1.29, 1.82) is 0 Å². The molecule has 0 radical (unpaired) electrons. The normalized spacial score (nSPS) is 22.4. The van der Waals surface area contributed by atoms with Crippen molar-refractivity contribution in [3.8, 4) is 0 Å². The zero-order valence-corrected chi connectivity index (χ0v) is 7.93. The quantitative estimate of drug-likeness (QED) is 0.667. The lowest BCUT2D eigenvalue weighted by molar-refractivity contribution is -0.0128. The van der Waals surface area contributed by atoms with Crippen molar-refractivity contribution in [2.24, 2.45) is 0 Å². The maximum absolute atomic E-state index is 11.7. The van der Waals surface area contributed by atoms with Gasteiger partial charge in [0.05, 0.1) is 12.7 Å². The van der Waals surface area contributed by atoms with E-state index in [-0.39, 0.29) is 12.0 Å². The smallest absolute Gasteiger partial charge is 0.291 e. The molecular weight excluding hydrogens is 184 g/mol. The Balaban J connectivity index is 2.04. The van der Waals surface area contributed by atoms with Crippen LogP contribution in [-0.2, 0) is 4.74 Å². The molecule has 76 valence electrons. The number of rotatable bonds is 1. The number of aromatic nitrogens is 3. The Bertz CT molecular complexity index is 311. The molecule has 1 aliphatic rings. The molecule has 1 aliphatic heterocycles. The summed E-state index contributed by atoms with van der Waals surface area (Å²) in [5.41, 5.74) is 0. The van der Waals surface area contributed by atoms with Gasteiger partial charge in [-0.15, -0.1) is 0 Å². The Hall–Kier alpha value is -1.43. The summed E-state index contributed by atoms with van der Waals surface area (Å²) in [6.07, 6.45) is 1.42. The van der Waals surface area contributed by atoms with Gasteiger partial charge in [-0.05, 0) is 6.92 Å². The number of amides is 1. The first-order valence-corrected chi connectivity index (χ1v) is 4.53. The zero-order chi connectivity index (χ0) is 9.97. The third-order valence-electron chi connectivity index (χ3n) is 2.15. The Labute approximate surface area is 81.3 Å². The van der Waals surface area contributed by atoms with Gasteiger partial charge in [0.2, 0.25) is 5.82 Å². The van der Waals surface area contributed by atoms with Crippen molar-refractivity contribution < 1.29 is 9.53 Å². The lowest BCUT2D eigenvalue weighted by Gasteiger charge is -2.30. The first-order valence-electron chi connectivity index (χ1n) is 4.53. The predicted octanol–water partition coefficient (Wildman–Crippen LogP) is -0.334. The molecule has 6 nitrogen and oxygen atoms in total. The fraction of sp³-hybridized carbons (Fsp3) is 0.625. The summed E-state index contributed by atoms with van der Waals surface area (Å²) in [6.45, 7) is 3.75. The van der Waals surface area contributed by atoms with E-state index in [4.69, 9.17) is 4.74 Å². The number of morpholine rings is 1. The molecule has 1 aromatic rings. The lowest BCUT2D eigenvalue weighted by Crippen LogP contribution is -2.44. The number of ether oxygens (including phenoxy) is 1. The largest absolute Gasteiger partial charge is 0.375 e. The van der Waals surface area contributed by atoms with Gasteiger partial charge in [0, 0.05) is 13.1 Å². The molecule has 2 rings (SSSR count). The third kappa shape index (κ3) is 1.74. The Kier molecular flexibility index (Phi) is 2.45. The molecule has 0 saturated carbocycles. The van der Waals surface area contributed by atoms with Crippen LogP contribution in [0.25, 0.3) is 0 Å². The van der Waals surface area contributed by atoms with Crippen LogP contribution in [0.5, 0.6) is 0 Å². The molecule has 0 bridgehead atoms. The number of hydrogen-bond donors (Lipinski definition) is 1. The number of carbonyl (C=O) groups is 1. The van der Waals surface area contributed by atoms with Gasteiger partial charge in [-0.3, -0.25) is 9.89 Å². The predicted molar refractivity (Wildman–Crippen MR) is 47.7 cm³/mol. The lowest BCUT2D eigenvalue weighted by atomic mass is 10.3. The number of carbonyl (C=O) groups excluding carboxylic acids is 1. The minimum Gasteiger partial charge on any atom is -0.375 e. The van der Waals surface area contributed by atoms with Gasteiger partial charge >= 0.3 is 0 Å². The van der Waals surface area contributed by atoms with Crippen LogP contribution in [-0.4, -0.2) is 51.8 Å². The second-order valence-corrected chi connectivity index (χ2v) is 3.27. The van der Waals surface area contributed by atoms with Crippen molar-refractivity contribution in [3.63, 3.8) is 0 Å². The van der Waals surface area contributed by atoms with Gasteiger partial charge < -0.3 is 9.64 Å². The zero-order valence-electron chi connectivity index (χ0n) is 7.93. The molecule has 1 amide bonds. The number of H-pyrrole nitrogens is 1. The molecule has 6 heteroatoms.